The van der Waals surface area contributed by atoms with Crippen LogP contribution in [-0.2, 0) is 28.3 Å². The van der Waals surface area contributed by atoms with Gasteiger partial charge in [0.05, 0.1) is 0 Å². The molecule has 1 aliphatic rings. The molecule has 37 heavy (non-hydrogen) atoms. The lowest BCUT2D eigenvalue weighted by Gasteiger charge is -2.37. The second-order valence-corrected chi connectivity index (χ2v) is 9.65. The highest BCUT2D eigenvalue weighted by Crippen LogP contribution is 2.35. The SMILES string of the molecule is CN1CCC(CC(NC(=O)OCc2ccccc2)(C(=O)O)c2cccc(OCc3ccccc3)c2)CC1. The van der Waals surface area contributed by atoms with E-state index in [1.54, 1.807) is 24.3 Å². The number of piperidine rings is 1. The molecule has 4 rings (SSSR count). The van der Waals surface area contributed by atoms with Crippen molar-refractivity contribution in [2.24, 2.45) is 5.92 Å². The number of ether oxygens (including phenoxy) is 2. The fraction of sp³-hybridized carbons (Fsp3) is 0.333. The number of benzene rings is 3. The van der Waals surface area contributed by atoms with Crippen LogP contribution in [0.5, 0.6) is 5.75 Å². The van der Waals surface area contributed by atoms with Gasteiger partial charge in [-0.3, -0.25) is 0 Å². The van der Waals surface area contributed by atoms with Crippen molar-refractivity contribution in [2.45, 2.75) is 38.0 Å². The van der Waals surface area contributed by atoms with Crippen LogP contribution in [0.25, 0.3) is 0 Å². The average molecular weight is 503 g/mol. The van der Waals surface area contributed by atoms with Crippen LogP contribution in [0, 0.1) is 5.92 Å². The molecule has 2 N–H and O–H groups in total. The first kappa shape index (κ1) is 26.2. The summed E-state index contributed by atoms with van der Waals surface area (Å²) < 4.78 is 11.4. The highest BCUT2D eigenvalue weighted by molar-refractivity contribution is 5.86. The van der Waals surface area contributed by atoms with Gasteiger partial charge in [0.2, 0.25) is 0 Å². The fourth-order valence-corrected chi connectivity index (χ4v) is 4.73. The Morgan fingerprint density at radius 1 is 0.919 bits per heavy atom. The molecule has 0 bridgehead atoms. The molecule has 0 saturated carbocycles. The van der Waals surface area contributed by atoms with Crippen LogP contribution < -0.4 is 10.1 Å². The van der Waals surface area contributed by atoms with Crippen molar-refractivity contribution in [1.82, 2.24) is 10.2 Å². The Morgan fingerprint density at radius 2 is 1.54 bits per heavy atom. The van der Waals surface area contributed by atoms with Crippen molar-refractivity contribution < 1.29 is 24.2 Å². The number of nitrogens with zero attached hydrogens (tertiary/aromatic N) is 1. The number of aliphatic carboxylic acids is 1. The van der Waals surface area contributed by atoms with Crippen molar-refractivity contribution in [1.29, 1.82) is 0 Å². The molecule has 7 heteroatoms. The molecule has 0 radical (unpaired) electrons. The van der Waals surface area contributed by atoms with Gasteiger partial charge in [-0.05, 0) is 74.1 Å². The van der Waals surface area contributed by atoms with Crippen LogP contribution in [0.2, 0.25) is 0 Å². The van der Waals surface area contributed by atoms with E-state index in [1.807, 2.05) is 60.7 Å². The minimum atomic E-state index is -1.65. The molecule has 3 aromatic carbocycles. The third kappa shape index (κ3) is 7.11. The lowest BCUT2D eigenvalue weighted by atomic mass is 9.78. The molecular weight excluding hydrogens is 468 g/mol. The van der Waals surface area contributed by atoms with E-state index in [2.05, 4.69) is 17.3 Å². The number of carboxylic acids is 1. The summed E-state index contributed by atoms with van der Waals surface area (Å²) in [4.78, 5) is 28.1. The Morgan fingerprint density at radius 3 is 2.16 bits per heavy atom. The molecule has 194 valence electrons. The van der Waals surface area contributed by atoms with Crippen LogP contribution in [0.3, 0.4) is 0 Å². The zero-order valence-corrected chi connectivity index (χ0v) is 21.1. The normalized spacial score (nSPS) is 15.9. The summed E-state index contributed by atoms with van der Waals surface area (Å²) >= 11 is 0. The molecule has 1 unspecified atom stereocenters. The molecule has 1 atom stereocenters. The Hall–Kier alpha value is -3.84. The Bertz CT molecular complexity index is 1160. The zero-order valence-electron chi connectivity index (χ0n) is 21.1. The van der Waals surface area contributed by atoms with Gasteiger partial charge < -0.3 is 24.8 Å². The smallest absolute Gasteiger partial charge is 0.408 e. The van der Waals surface area contributed by atoms with Gasteiger partial charge in [-0.1, -0.05) is 72.8 Å². The van der Waals surface area contributed by atoms with Gasteiger partial charge in [0, 0.05) is 0 Å². The lowest BCUT2D eigenvalue weighted by molar-refractivity contribution is -0.146. The molecule has 1 saturated heterocycles. The summed E-state index contributed by atoms with van der Waals surface area (Å²) in [5.74, 6) is -0.450. The number of carbonyl (C=O) groups excluding carboxylic acids is 1. The van der Waals surface area contributed by atoms with E-state index in [-0.39, 0.29) is 18.9 Å². The minimum Gasteiger partial charge on any atom is -0.489 e. The van der Waals surface area contributed by atoms with Crippen LogP contribution in [0.1, 0.15) is 36.0 Å². The molecule has 1 fully saturated rings. The number of likely N-dealkylation sites (tertiary alicyclic amines) is 1. The maximum Gasteiger partial charge on any atom is 0.408 e. The molecule has 0 aromatic heterocycles. The maximum absolute atomic E-state index is 13.0. The van der Waals surface area contributed by atoms with Gasteiger partial charge >= 0.3 is 12.1 Å². The Labute approximate surface area is 218 Å². The molecule has 1 aliphatic heterocycles. The first-order chi connectivity index (χ1) is 17.9. The summed E-state index contributed by atoms with van der Waals surface area (Å²) in [5, 5.41) is 13.3. The molecule has 0 spiro atoms. The number of carbonyl (C=O) groups is 2. The molecule has 1 amide bonds. The third-order valence-corrected chi connectivity index (χ3v) is 6.90. The van der Waals surface area contributed by atoms with Crippen LogP contribution in [-0.4, -0.2) is 42.2 Å². The average Bonchev–Trinajstić information content (AvgIpc) is 2.93. The summed E-state index contributed by atoms with van der Waals surface area (Å²) in [6.07, 6.45) is 1.21. The second-order valence-electron chi connectivity index (χ2n) is 9.65. The molecular formula is C30H34N2O5. The monoisotopic (exact) mass is 502 g/mol. The van der Waals surface area contributed by atoms with E-state index in [4.69, 9.17) is 9.47 Å². The van der Waals surface area contributed by atoms with Gasteiger partial charge in [0.25, 0.3) is 0 Å². The van der Waals surface area contributed by atoms with Crippen molar-refractivity contribution in [3.8, 4) is 5.75 Å². The molecule has 7 nitrogen and oxygen atoms in total. The highest BCUT2D eigenvalue weighted by atomic mass is 16.5. The van der Waals surface area contributed by atoms with Crippen molar-refractivity contribution in [2.75, 3.05) is 20.1 Å². The fourth-order valence-electron chi connectivity index (χ4n) is 4.73. The lowest BCUT2D eigenvalue weighted by Crippen LogP contribution is -2.53. The van der Waals surface area contributed by atoms with E-state index in [0.29, 0.717) is 17.9 Å². The van der Waals surface area contributed by atoms with Gasteiger partial charge in [0.1, 0.15) is 19.0 Å². The number of carboxylic acid groups (broad SMARTS) is 1. The summed E-state index contributed by atoms with van der Waals surface area (Å²) in [6, 6.07) is 26.1. The van der Waals surface area contributed by atoms with E-state index in [0.717, 1.165) is 37.1 Å². The second kappa shape index (κ2) is 12.4. The van der Waals surface area contributed by atoms with Crippen molar-refractivity contribution >= 4 is 12.1 Å². The molecule has 3 aromatic rings. The Kier molecular flexibility index (Phi) is 8.80. The van der Waals surface area contributed by atoms with Crippen LogP contribution in [0.15, 0.2) is 84.9 Å². The zero-order chi connectivity index (χ0) is 26.1. The quantitative estimate of drug-likeness (QED) is 0.396. The number of hydrogen-bond donors (Lipinski definition) is 2. The Balaban J connectivity index is 1.57. The first-order valence-corrected chi connectivity index (χ1v) is 12.6. The van der Waals surface area contributed by atoms with Crippen LogP contribution in [0.4, 0.5) is 4.79 Å². The number of alkyl carbamates (subject to hydrolysis) is 1. The standard InChI is InChI=1S/C30H34N2O5/c1-32-17-15-23(16-18-32)20-30(28(33)34,31-29(35)37-22-25-11-6-3-7-12-25)26-13-8-14-27(19-26)36-21-24-9-4-2-5-10-24/h2-14,19,23H,15-18,20-22H2,1H3,(H,31,35)(H,33,34). The van der Waals surface area contributed by atoms with Gasteiger partial charge in [-0.25, -0.2) is 9.59 Å². The minimum absolute atomic E-state index is 0.0524. The van der Waals surface area contributed by atoms with Crippen LogP contribution >= 0.6 is 0 Å². The van der Waals surface area contributed by atoms with E-state index in [1.165, 1.54) is 0 Å². The van der Waals surface area contributed by atoms with Gasteiger partial charge in [-0.15, -0.1) is 0 Å². The number of amides is 1. The third-order valence-electron chi connectivity index (χ3n) is 6.90. The first-order valence-electron chi connectivity index (χ1n) is 12.6. The molecule has 1 heterocycles. The largest absolute Gasteiger partial charge is 0.489 e. The summed E-state index contributed by atoms with van der Waals surface area (Å²) in [6.45, 7) is 2.18. The van der Waals surface area contributed by atoms with Gasteiger partial charge in [0.15, 0.2) is 5.54 Å². The maximum atomic E-state index is 13.0. The van der Waals surface area contributed by atoms with Gasteiger partial charge in [-0.2, -0.15) is 0 Å². The number of hydrogen-bond acceptors (Lipinski definition) is 5. The summed E-state index contributed by atoms with van der Waals surface area (Å²) in [7, 11) is 2.06. The van der Waals surface area contributed by atoms with E-state index < -0.39 is 17.6 Å². The predicted molar refractivity (Wildman–Crippen MR) is 141 cm³/mol. The predicted octanol–water partition coefficient (Wildman–Crippen LogP) is 5.20. The molecule has 0 aliphatic carbocycles. The van der Waals surface area contributed by atoms with E-state index in [9.17, 15) is 14.7 Å². The van der Waals surface area contributed by atoms with E-state index >= 15 is 0 Å². The summed E-state index contributed by atoms with van der Waals surface area (Å²) in [5.41, 5.74) is 0.637. The highest BCUT2D eigenvalue weighted by Gasteiger charge is 2.45. The van der Waals surface area contributed by atoms with Crippen molar-refractivity contribution in [3.05, 3.63) is 102 Å². The topological polar surface area (TPSA) is 88.1 Å². The van der Waals surface area contributed by atoms with Crippen molar-refractivity contribution in [3.63, 3.8) is 0 Å². The number of nitrogens with one attached hydrogen (secondary N) is 1. The number of rotatable bonds is 10.